The van der Waals surface area contributed by atoms with Gasteiger partial charge in [-0.3, -0.25) is 0 Å². The normalized spacial score (nSPS) is 10.6. The van der Waals surface area contributed by atoms with E-state index in [0.717, 1.165) is 10.0 Å². The summed E-state index contributed by atoms with van der Waals surface area (Å²) < 4.78 is 11.2. The predicted octanol–water partition coefficient (Wildman–Crippen LogP) is 3.88. The van der Waals surface area contributed by atoms with E-state index in [2.05, 4.69) is 26.1 Å². The van der Waals surface area contributed by atoms with Crippen LogP contribution in [0.25, 0.3) is 22.8 Å². The van der Waals surface area contributed by atoms with Crippen molar-refractivity contribution in [1.82, 2.24) is 10.1 Å². The molecule has 0 atom stereocenters. The minimum absolute atomic E-state index is 0.0263. The lowest BCUT2D eigenvalue weighted by molar-refractivity contribution is 0.373. The van der Waals surface area contributed by atoms with Crippen LogP contribution in [0.5, 0.6) is 11.5 Å². The van der Waals surface area contributed by atoms with Crippen molar-refractivity contribution in [2.24, 2.45) is 0 Å². The Morgan fingerprint density at radius 3 is 2.48 bits per heavy atom. The van der Waals surface area contributed by atoms with Crippen molar-refractivity contribution < 1.29 is 14.4 Å². The average molecular weight is 347 g/mol. The first kappa shape index (κ1) is 13.6. The highest BCUT2D eigenvalue weighted by Gasteiger charge is 2.12. The maximum absolute atomic E-state index is 9.79. The van der Waals surface area contributed by atoms with Crippen molar-refractivity contribution in [2.45, 2.75) is 0 Å². The molecule has 6 heteroatoms. The third-order valence-corrected chi connectivity index (χ3v) is 3.48. The lowest BCUT2D eigenvalue weighted by Crippen LogP contribution is -1.85. The molecule has 0 aliphatic carbocycles. The van der Waals surface area contributed by atoms with Gasteiger partial charge in [-0.05, 0) is 42.5 Å². The largest absolute Gasteiger partial charge is 0.504 e. The van der Waals surface area contributed by atoms with E-state index in [1.165, 1.54) is 13.2 Å². The number of hydrogen-bond donors (Lipinski definition) is 1. The lowest BCUT2D eigenvalue weighted by Gasteiger charge is -2.03. The Bertz CT molecular complexity index is 769. The van der Waals surface area contributed by atoms with Gasteiger partial charge in [0, 0.05) is 15.6 Å². The Labute approximate surface area is 129 Å². The summed E-state index contributed by atoms with van der Waals surface area (Å²) in [6, 6.07) is 12.5. The van der Waals surface area contributed by atoms with Gasteiger partial charge in [0.2, 0.25) is 5.82 Å². The average Bonchev–Trinajstić information content (AvgIpc) is 2.98. The SMILES string of the molecule is COc1ccc(-c2nc(-c3ccc(Br)cc3)no2)cc1O. The summed E-state index contributed by atoms with van der Waals surface area (Å²) in [7, 11) is 1.49. The van der Waals surface area contributed by atoms with Crippen LogP contribution in [-0.4, -0.2) is 22.4 Å². The number of halogens is 1. The zero-order chi connectivity index (χ0) is 14.8. The number of nitrogens with zero attached hydrogens (tertiary/aromatic N) is 2. The molecule has 1 N–H and O–H groups in total. The first-order valence-electron chi connectivity index (χ1n) is 6.14. The molecular formula is C15H11BrN2O3. The minimum Gasteiger partial charge on any atom is -0.504 e. The molecule has 21 heavy (non-hydrogen) atoms. The monoisotopic (exact) mass is 346 g/mol. The highest BCUT2D eigenvalue weighted by molar-refractivity contribution is 9.10. The van der Waals surface area contributed by atoms with E-state index in [4.69, 9.17) is 9.26 Å². The number of methoxy groups -OCH3 is 1. The standard InChI is InChI=1S/C15H11BrN2O3/c1-20-13-7-4-10(8-12(13)19)15-17-14(18-21-15)9-2-5-11(16)6-3-9/h2-8,19H,1H3. The number of benzene rings is 2. The molecule has 1 heterocycles. The molecule has 106 valence electrons. The highest BCUT2D eigenvalue weighted by Crippen LogP contribution is 2.31. The molecule has 5 nitrogen and oxygen atoms in total. The molecule has 0 saturated heterocycles. The zero-order valence-corrected chi connectivity index (χ0v) is 12.7. The molecule has 0 spiro atoms. The van der Waals surface area contributed by atoms with E-state index in [9.17, 15) is 5.11 Å². The van der Waals surface area contributed by atoms with Gasteiger partial charge >= 0.3 is 0 Å². The molecule has 0 aliphatic heterocycles. The first-order valence-corrected chi connectivity index (χ1v) is 6.93. The second-order valence-electron chi connectivity index (χ2n) is 4.32. The minimum atomic E-state index is 0.0263. The van der Waals surface area contributed by atoms with Crippen LogP contribution in [0.4, 0.5) is 0 Å². The Morgan fingerprint density at radius 2 is 1.81 bits per heavy atom. The molecule has 2 aromatic carbocycles. The number of hydrogen-bond acceptors (Lipinski definition) is 5. The van der Waals surface area contributed by atoms with E-state index in [-0.39, 0.29) is 5.75 Å². The van der Waals surface area contributed by atoms with Gasteiger partial charge in [0.25, 0.3) is 5.89 Å². The Balaban J connectivity index is 1.94. The lowest BCUT2D eigenvalue weighted by atomic mass is 10.2. The van der Waals surface area contributed by atoms with Gasteiger partial charge in [-0.1, -0.05) is 21.1 Å². The van der Waals surface area contributed by atoms with Gasteiger partial charge in [0.15, 0.2) is 11.5 Å². The molecule has 0 radical (unpaired) electrons. The quantitative estimate of drug-likeness (QED) is 0.779. The van der Waals surface area contributed by atoms with Gasteiger partial charge < -0.3 is 14.4 Å². The van der Waals surface area contributed by atoms with Crippen LogP contribution in [0.2, 0.25) is 0 Å². The van der Waals surface area contributed by atoms with Crippen molar-refractivity contribution in [2.75, 3.05) is 7.11 Å². The molecule has 0 bridgehead atoms. The van der Waals surface area contributed by atoms with E-state index in [1.54, 1.807) is 12.1 Å². The summed E-state index contributed by atoms with van der Waals surface area (Å²) in [5, 5.41) is 13.7. The topological polar surface area (TPSA) is 68.4 Å². The number of ether oxygens (including phenoxy) is 1. The first-order chi connectivity index (χ1) is 10.2. The molecule has 3 aromatic rings. The summed E-state index contributed by atoms with van der Waals surface area (Å²) in [5.74, 6) is 1.25. The van der Waals surface area contributed by atoms with Crippen LogP contribution >= 0.6 is 15.9 Å². The number of phenols is 1. The molecule has 1 aromatic heterocycles. The summed E-state index contributed by atoms with van der Waals surface area (Å²) in [6.07, 6.45) is 0. The van der Waals surface area contributed by atoms with Crippen molar-refractivity contribution in [1.29, 1.82) is 0 Å². The molecule has 0 saturated carbocycles. The summed E-state index contributed by atoms with van der Waals surface area (Å²) in [4.78, 5) is 4.33. The van der Waals surface area contributed by atoms with E-state index < -0.39 is 0 Å². The number of rotatable bonds is 3. The van der Waals surface area contributed by atoms with Gasteiger partial charge in [0.1, 0.15) is 0 Å². The molecular weight excluding hydrogens is 336 g/mol. The van der Waals surface area contributed by atoms with Crippen LogP contribution < -0.4 is 4.74 Å². The maximum Gasteiger partial charge on any atom is 0.258 e. The van der Waals surface area contributed by atoms with Crippen LogP contribution in [0.3, 0.4) is 0 Å². The van der Waals surface area contributed by atoms with Crippen molar-refractivity contribution >= 4 is 15.9 Å². The van der Waals surface area contributed by atoms with Crippen molar-refractivity contribution in [3.63, 3.8) is 0 Å². The fourth-order valence-electron chi connectivity index (χ4n) is 1.88. The number of aromatic nitrogens is 2. The second-order valence-corrected chi connectivity index (χ2v) is 5.23. The summed E-state index contributed by atoms with van der Waals surface area (Å²) in [5.41, 5.74) is 1.48. The number of aromatic hydroxyl groups is 1. The number of phenolic OH excluding ortho intramolecular Hbond substituents is 1. The van der Waals surface area contributed by atoms with Crippen LogP contribution in [-0.2, 0) is 0 Å². The van der Waals surface area contributed by atoms with Crippen molar-refractivity contribution in [3.8, 4) is 34.3 Å². The summed E-state index contributed by atoms with van der Waals surface area (Å²) >= 11 is 3.38. The van der Waals surface area contributed by atoms with Crippen LogP contribution in [0, 0.1) is 0 Å². The Morgan fingerprint density at radius 1 is 1.10 bits per heavy atom. The van der Waals surface area contributed by atoms with Gasteiger partial charge in [-0.2, -0.15) is 4.98 Å². The third-order valence-electron chi connectivity index (χ3n) is 2.95. The highest BCUT2D eigenvalue weighted by atomic mass is 79.9. The predicted molar refractivity (Wildman–Crippen MR) is 81.1 cm³/mol. The maximum atomic E-state index is 9.79. The van der Waals surface area contributed by atoms with E-state index in [1.807, 2.05) is 24.3 Å². The molecule has 0 unspecified atom stereocenters. The Hall–Kier alpha value is -2.34. The molecule has 0 aliphatic rings. The van der Waals surface area contributed by atoms with Crippen molar-refractivity contribution in [3.05, 3.63) is 46.9 Å². The summed E-state index contributed by atoms with van der Waals surface area (Å²) in [6.45, 7) is 0. The van der Waals surface area contributed by atoms with Crippen LogP contribution in [0.15, 0.2) is 51.5 Å². The fourth-order valence-corrected chi connectivity index (χ4v) is 2.14. The molecule has 3 rings (SSSR count). The smallest absolute Gasteiger partial charge is 0.258 e. The van der Waals surface area contributed by atoms with Crippen LogP contribution in [0.1, 0.15) is 0 Å². The van der Waals surface area contributed by atoms with Gasteiger partial charge in [-0.25, -0.2) is 0 Å². The molecule has 0 amide bonds. The van der Waals surface area contributed by atoms with Gasteiger partial charge in [-0.15, -0.1) is 0 Å². The third kappa shape index (κ3) is 2.75. The molecule has 0 fully saturated rings. The van der Waals surface area contributed by atoms with E-state index in [0.29, 0.717) is 23.0 Å². The fraction of sp³-hybridized carbons (Fsp3) is 0.0667. The van der Waals surface area contributed by atoms with Gasteiger partial charge in [0.05, 0.1) is 7.11 Å². The van der Waals surface area contributed by atoms with E-state index >= 15 is 0 Å². The second kappa shape index (κ2) is 5.57. The Kier molecular flexibility index (Phi) is 3.62. The zero-order valence-electron chi connectivity index (χ0n) is 11.1.